The van der Waals surface area contributed by atoms with Crippen LogP contribution in [0.1, 0.15) is 16.7 Å². The molecule has 0 aliphatic heterocycles. The van der Waals surface area contributed by atoms with Gasteiger partial charge in [0, 0.05) is 0 Å². The van der Waals surface area contributed by atoms with Gasteiger partial charge in [-0.2, -0.15) is 0 Å². The molecule has 0 radical (unpaired) electrons. The lowest BCUT2D eigenvalue weighted by Crippen LogP contribution is -2.20. The Morgan fingerprint density at radius 2 is 1.86 bits per heavy atom. The molecule has 0 aliphatic carbocycles. The number of aryl methyl sites for hydroxylation is 3. The maximum absolute atomic E-state index is 11.9. The van der Waals surface area contributed by atoms with Crippen molar-refractivity contribution >= 4 is 23.2 Å². The van der Waals surface area contributed by atoms with E-state index in [4.69, 9.17) is 16.3 Å². The third-order valence-electron chi connectivity index (χ3n) is 3.25. The summed E-state index contributed by atoms with van der Waals surface area (Å²) in [5, 5.41) is 3.26. The van der Waals surface area contributed by atoms with Crippen LogP contribution in [0.25, 0.3) is 0 Å². The molecule has 0 unspecified atom stereocenters. The SMILES string of the molecule is Cc1ccc(NC(=O)COc2ccc(C)c(C)c2)c(Cl)c1. The van der Waals surface area contributed by atoms with Crippen molar-refractivity contribution in [1.29, 1.82) is 0 Å². The summed E-state index contributed by atoms with van der Waals surface area (Å²) >= 11 is 6.07. The summed E-state index contributed by atoms with van der Waals surface area (Å²) in [6.45, 7) is 5.94. The second-order valence-corrected chi connectivity index (χ2v) is 5.47. The van der Waals surface area contributed by atoms with Gasteiger partial charge in [0.15, 0.2) is 6.61 Å². The number of hydrogen-bond acceptors (Lipinski definition) is 2. The molecule has 0 heterocycles. The van der Waals surface area contributed by atoms with Gasteiger partial charge >= 0.3 is 0 Å². The molecule has 0 atom stereocenters. The topological polar surface area (TPSA) is 38.3 Å². The number of halogens is 1. The number of rotatable bonds is 4. The highest BCUT2D eigenvalue weighted by Gasteiger charge is 2.07. The molecule has 2 rings (SSSR count). The summed E-state index contributed by atoms with van der Waals surface area (Å²) in [5.41, 5.74) is 3.97. The number of nitrogens with one attached hydrogen (secondary N) is 1. The smallest absolute Gasteiger partial charge is 0.262 e. The van der Waals surface area contributed by atoms with E-state index in [0.717, 1.165) is 11.1 Å². The minimum Gasteiger partial charge on any atom is -0.484 e. The molecule has 0 spiro atoms. The summed E-state index contributed by atoms with van der Waals surface area (Å²) in [6, 6.07) is 11.2. The van der Waals surface area contributed by atoms with Crippen LogP contribution in [-0.4, -0.2) is 12.5 Å². The quantitative estimate of drug-likeness (QED) is 0.915. The first-order valence-electron chi connectivity index (χ1n) is 6.72. The van der Waals surface area contributed by atoms with Crippen molar-refractivity contribution in [1.82, 2.24) is 0 Å². The van der Waals surface area contributed by atoms with Gasteiger partial charge in [0.2, 0.25) is 0 Å². The predicted molar refractivity (Wildman–Crippen MR) is 86.2 cm³/mol. The van der Waals surface area contributed by atoms with Gasteiger partial charge in [0.1, 0.15) is 5.75 Å². The van der Waals surface area contributed by atoms with Crippen LogP contribution in [0, 0.1) is 20.8 Å². The Bertz CT molecular complexity index is 668. The number of benzene rings is 2. The molecule has 0 fully saturated rings. The van der Waals surface area contributed by atoms with Crippen LogP contribution in [0.4, 0.5) is 5.69 Å². The van der Waals surface area contributed by atoms with Crippen molar-refractivity contribution < 1.29 is 9.53 Å². The fourth-order valence-electron chi connectivity index (χ4n) is 1.86. The summed E-state index contributed by atoms with van der Waals surface area (Å²) in [5.74, 6) is 0.447. The summed E-state index contributed by atoms with van der Waals surface area (Å²) < 4.78 is 5.48. The van der Waals surface area contributed by atoms with Crippen LogP contribution in [0.2, 0.25) is 5.02 Å². The van der Waals surface area contributed by atoms with E-state index >= 15 is 0 Å². The van der Waals surface area contributed by atoms with Crippen molar-refractivity contribution in [2.75, 3.05) is 11.9 Å². The van der Waals surface area contributed by atoms with E-state index in [0.29, 0.717) is 16.5 Å². The van der Waals surface area contributed by atoms with E-state index in [1.54, 1.807) is 12.1 Å². The molecule has 4 heteroatoms. The van der Waals surface area contributed by atoms with Crippen LogP contribution in [0.5, 0.6) is 5.75 Å². The summed E-state index contributed by atoms with van der Waals surface area (Å²) in [6.07, 6.45) is 0. The zero-order valence-corrected chi connectivity index (χ0v) is 13.1. The molecule has 0 saturated heterocycles. The van der Waals surface area contributed by atoms with Crippen molar-refractivity contribution in [3.8, 4) is 5.75 Å². The molecule has 2 aromatic carbocycles. The molecule has 3 nitrogen and oxygen atoms in total. The second kappa shape index (κ2) is 6.64. The number of anilines is 1. The summed E-state index contributed by atoms with van der Waals surface area (Å²) in [4.78, 5) is 11.9. The van der Waals surface area contributed by atoms with E-state index in [-0.39, 0.29) is 12.5 Å². The molecule has 0 saturated carbocycles. The van der Waals surface area contributed by atoms with Gasteiger partial charge in [-0.15, -0.1) is 0 Å². The van der Waals surface area contributed by atoms with E-state index in [2.05, 4.69) is 5.32 Å². The monoisotopic (exact) mass is 303 g/mol. The molecule has 110 valence electrons. The third-order valence-corrected chi connectivity index (χ3v) is 3.56. The lowest BCUT2D eigenvalue weighted by molar-refractivity contribution is -0.118. The van der Waals surface area contributed by atoms with E-state index in [1.807, 2.05) is 45.0 Å². The second-order valence-electron chi connectivity index (χ2n) is 5.07. The zero-order valence-electron chi connectivity index (χ0n) is 12.4. The normalized spacial score (nSPS) is 10.3. The van der Waals surface area contributed by atoms with Gasteiger partial charge in [-0.25, -0.2) is 0 Å². The third kappa shape index (κ3) is 4.23. The predicted octanol–water partition coefficient (Wildman–Crippen LogP) is 4.28. The molecule has 0 aliphatic rings. The number of carbonyl (C=O) groups excluding carboxylic acids is 1. The fraction of sp³-hybridized carbons (Fsp3) is 0.235. The first-order chi connectivity index (χ1) is 9.95. The Kier molecular flexibility index (Phi) is 4.86. The minimum atomic E-state index is -0.237. The van der Waals surface area contributed by atoms with Crippen molar-refractivity contribution in [2.24, 2.45) is 0 Å². The summed E-state index contributed by atoms with van der Waals surface area (Å²) in [7, 11) is 0. The van der Waals surface area contributed by atoms with Gasteiger partial charge in [0.25, 0.3) is 5.91 Å². The molecule has 0 bridgehead atoms. The molecule has 1 amide bonds. The van der Waals surface area contributed by atoms with Gasteiger partial charge < -0.3 is 10.1 Å². The Morgan fingerprint density at radius 1 is 1.10 bits per heavy atom. The van der Waals surface area contributed by atoms with E-state index in [1.165, 1.54) is 5.56 Å². The molecule has 1 N–H and O–H groups in total. The largest absolute Gasteiger partial charge is 0.484 e. The van der Waals surface area contributed by atoms with Gasteiger partial charge in [0.05, 0.1) is 10.7 Å². The lowest BCUT2D eigenvalue weighted by Gasteiger charge is -2.10. The Morgan fingerprint density at radius 3 is 2.52 bits per heavy atom. The minimum absolute atomic E-state index is 0.0489. The lowest BCUT2D eigenvalue weighted by atomic mass is 10.1. The van der Waals surface area contributed by atoms with Crippen LogP contribution in [0.3, 0.4) is 0 Å². The zero-order chi connectivity index (χ0) is 15.4. The Balaban J connectivity index is 1.94. The van der Waals surface area contributed by atoms with Crippen molar-refractivity contribution in [2.45, 2.75) is 20.8 Å². The maximum Gasteiger partial charge on any atom is 0.262 e. The number of amides is 1. The van der Waals surface area contributed by atoms with Gasteiger partial charge in [-0.05, 0) is 61.7 Å². The number of hydrogen-bond donors (Lipinski definition) is 1. The van der Waals surface area contributed by atoms with Gasteiger partial charge in [-0.1, -0.05) is 23.7 Å². The molecule has 0 aromatic heterocycles. The highest BCUT2D eigenvalue weighted by Crippen LogP contribution is 2.22. The van der Waals surface area contributed by atoms with Crippen LogP contribution < -0.4 is 10.1 Å². The molecule has 2 aromatic rings. The first kappa shape index (κ1) is 15.4. The fourth-order valence-corrected chi connectivity index (χ4v) is 2.14. The van der Waals surface area contributed by atoms with E-state index < -0.39 is 0 Å². The van der Waals surface area contributed by atoms with Gasteiger partial charge in [-0.3, -0.25) is 4.79 Å². The highest BCUT2D eigenvalue weighted by molar-refractivity contribution is 6.33. The Hall–Kier alpha value is -2.00. The van der Waals surface area contributed by atoms with Crippen LogP contribution in [0.15, 0.2) is 36.4 Å². The van der Waals surface area contributed by atoms with Crippen molar-refractivity contribution in [3.63, 3.8) is 0 Å². The molecular formula is C17H18ClNO2. The molecular weight excluding hydrogens is 286 g/mol. The van der Waals surface area contributed by atoms with Crippen molar-refractivity contribution in [3.05, 3.63) is 58.1 Å². The average Bonchev–Trinajstić information content (AvgIpc) is 2.43. The van der Waals surface area contributed by atoms with Crippen LogP contribution >= 0.6 is 11.6 Å². The first-order valence-corrected chi connectivity index (χ1v) is 7.09. The standard InChI is InChI=1S/C17H18ClNO2/c1-11-4-7-16(15(18)8-11)19-17(20)10-21-14-6-5-12(2)13(3)9-14/h4-9H,10H2,1-3H3,(H,19,20). The number of carbonyl (C=O) groups is 1. The highest BCUT2D eigenvalue weighted by atomic mass is 35.5. The average molecular weight is 304 g/mol. The molecule has 21 heavy (non-hydrogen) atoms. The van der Waals surface area contributed by atoms with Crippen LogP contribution in [-0.2, 0) is 4.79 Å². The van der Waals surface area contributed by atoms with E-state index in [9.17, 15) is 4.79 Å². The number of ether oxygens (including phenoxy) is 1. The Labute approximate surface area is 129 Å². The maximum atomic E-state index is 11.9.